The van der Waals surface area contributed by atoms with Gasteiger partial charge in [0.25, 0.3) is 0 Å². The van der Waals surface area contributed by atoms with Crippen LogP contribution in [0, 0.1) is 13.8 Å². The molecule has 0 aliphatic heterocycles. The Labute approximate surface area is 186 Å². The third-order valence-electron chi connectivity index (χ3n) is 4.61. The van der Waals surface area contributed by atoms with Crippen LogP contribution in [0.2, 0.25) is 0 Å². The number of thioether (sulfide) groups is 1. The maximum Gasteiger partial charge on any atom is 0.234 e. The summed E-state index contributed by atoms with van der Waals surface area (Å²) < 4.78 is 16.1. The topological polar surface area (TPSA) is 82.6 Å². The molecule has 162 valence electrons. The van der Waals surface area contributed by atoms with Gasteiger partial charge in [-0.15, -0.1) is 10.2 Å². The zero-order chi connectivity index (χ0) is 22.4. The SMILES string of the molecule is COc1cc(-c2ccc(SCC(=O)Nc3ccc(C)cc3C)nn2)cc(OC)c1OC. The van der Waals surface area contributed by atoms with Gasteiger partial charge in [0.15, 0.2) is 11.5 Å². The van der Waals surface area contributed by atoms with Gasteiger partial charge in [0.2, 0.25) is 11.7 Å². The number of hydrogen-bond donors (Lipinski definition) is 1. The first-order valence-electron chi connectivity index (χ1n) is 9.59. The van der Waals surface area contributed by atoms with Gasteiger partial charge in [-0.25, -0.2) is 0 Å². The van der Waals surface area contributed by atoms with E-state index in [1.807, 2.05) is 56.3 Å². The van der Waals surface area contributed by atoms with Gasteiger partial charge >= 0.3 is 0 Å². The summed E-state index contributed by atoms with van der Waals surface area (Å²) in [5.41, 5.74) is 4.45. The molecule has 7 nitrogen and oxygen atoms in total. The highest BCUT2D eigenvalue weighted by Crippen LogP contribution is 2.40. The number of nitrogens with one attached hydrogen (secondary N) is 1. The Kier molecular flexibility index (Phi) is 7.36. The Hall–Kier alpha value is -3.26. The molecule has 31 heavy (non-hydrogen) atoms. The van der Waals surface area contributed by atoms with Crippen molar-refractivity contribution in [3.63, 3.8) is 0 Å². The van der Waals surface area contributed by atoms with E-state index in [0.29, 0.717) is 28.0 Å². The van der Waals surface area contributed by atoms with Crippen LogP contribution in [0.25, 0.3) is 11.3 Å². The molecular formula is C23H25N3O4S. The molecule has 0 bridgehead atoms. The fraction of sp³-hybridized carbons (Fsp3) is 0.261. The molecule has 1 N–H and O–H groups in total. The fourth-order valence-corrected chi connectivity index (χ4v) is 3.67. The van der Waals surface area contributed by atoms with E-state index in [2.05, 4.69) is 15.5 Å². The molecule has 8 heteroatoms. The summed E-state index contributed by atoms with van der Waals surface area (Å²) in [6, 6.07) is 13.2. The van der Waals surface area contributed by atoms with Crippen LogP contribution in [-0.2, 0) is 4.79 Å². The smallest absolute Gasteiger partial charge is 0.234 e. The van der Waals surface area contributed by atoms with Crippen LogP contribution in [0.1, 0.15) is 11.1 Å². The first-order valence-corrected chi connectivity index (χ1v) is 10.6. The zero-order valence-corrected chi connectivity index (χ0v) is 19.0. The van der Waals surface area contributed by atoms with Gasteiger partial charge in [0, 0.05) is 11.3 Å². The normalized spacial score (nSPS) is 10.5. The number of hydrogen-bond acceptors (Lipinski definition) is 7. The molecule has 0 aliphatic rings. The summed E-state index contributed by atoms with van der Waals surface area (Å²) in [5.74, 6) is 1.75. The molecule has 0 saturated heterocycles. The molecule has 0 saturated carbocycles. The van der Waals surface area contributed by atoms with Crippen LogP contribution in [0.5, 0.6) is 17.2 Å². The molecule has 0 spiro atoms. The second kappa shape index (κ2) is 10.2. The molecule has 1 amide bonds. The van der Waals surface area contributed by atoms with Crippen molar-refractivity contribution < 1.29 is 19.0 Å². The zero-order valence-electron chi connectivity index (χ0n) is 18.2. The number of nitrogens with zero attached hydrogens (tertiary/aromatic N) is 2. The van der Waals surface area contributed by atoms with Crippen LogP contribution >= 0.6 is 11.8 Å². The average molecular weight is 440 g/mol. The van der Waals surface area contributed by atoms with Crippen molar-refractivity contribution in [3.8, 4) is 28.5 Å². The fourth-order valence-electron chi connectivity index (χ4n) is 3.06. The summed E-state index contributed by atoms with van der Waals surface area (Å²) in [6.07, 6.45) is 0. The summed E-state index contributed by atoms with van der Waals surface area (Å²) in [4.78, 5) is 12.3. The monoisotopic (exact) mass is 439 g/mol. The predicted molar refractivity (Wildman–Crippen MR) is 122 cm³/mol. The van der Waals surface area contributed by atoms with Gasteiger partial charge in [-0.3, -0.25) is 4.79 Å². The van der Waals surface area contributed by atoms with Gasteiger partial charge in [-0.05, 0) is 49.7 Å². The molecular weight excluding hydrogens is 414 g/mol. The number of benzene rings is 2. The van der Waals surface area contributed by atoms with E-state index < -0.39 is 0 Å². The number of carbonyl (C=O) groups is 1. The lowest BCUT2D eigenvalue weighted by Gasteiger charge is -2.13. The lowest BCUT2D eigenvalue weighted by Crippen LogP contribution is -2.15. The quantitative estimate of drug-likeness (QED) is 0.517. The summed E-state index contributed by atoms with van der Waals surface area (Å²) in [5, 5.41) is 12.1. The first-order chi connectivity index (χ1) is 14.9. The molecule has 3 rings (SSSR count). The Morgan fingerprint density at radius 1 is 0.935 bits per heavy atom. The number of rotatable bonds is 8. The van der Waals surface area contributed by atoms with Gasteiger partial charge in [-0.2, -0.15) is 0 Å². The first kappa shape index (κ1) is 22.4. The maximum absolute atomic E-state index is 12.3. The van der Waals surface area contributed by atoms with Crippen LogP contribution in [0.3, 0.4) is 0 Å². The molecule has 0 unspecified atom stereocenters. The third kappa shape index (κ3) is 5.46. The van der Waals surface area contributed by atoms with Crippen molar-refractivity contribution in [2.24, 2.45) is 0 Å². The highest BCUT2D eigenvalue weighted by molar-refractivity contribution is 7.99. The highest BCUT2D eigenvalue weighted by Gasteiger charge is 2.15. The Balaban J connectivity index is 1.67. The molecule has 1 aromatic heterocycles. The second-order valence-corrected chi connectivity index (χ2v) is 7.82. The van der Waals surface area contributed by atoms with E-state index in [-0.39, 0.29) is 11.7 Å². The van der Waals surface area contributed by atoms with Gasteiger partial charge in [0.05, 0.1) is 32.8 Å². The maximum atomic E-state index is 12.3. The van der Waals surface area contributed by atoms with E-state index in [1.54, 1.807) is 21.3 Å². The minimum Gasteiger partial charge on any atom is -0.493 e. The standard InChI is InChI=1S/C23H25N3O4S/c1-14-6-7-17(15(2)10-14)24-21(27)13-31-22-9-8-18(25-26-22)16-11-19(28-3)23(30-5)20(12-16)29-4/h6-12H,13H2,1-5H3,(H,24,27). The van der Waals surface area contributed by atoms with Crippen molar-refractivity contribution in [2.45, 2.75) is 18.9 Å². The number of carbonyl (C=O) groups excluding carboxylic acids is 1. The van der Waals surface area contributed by atoms with Crippen molar-refractivity contribution in [2.75, 3.05) is 32.4 Å². The van der Waals surface area contributed by atoms with Crippen molar-refractivity contribution in [1.29, 1.82) is 0 Å². The predicted octanol–water partition coefficient (Wildman–Crippen LogP) is 4.52. The number of aryl methyl sites for hydroxylation is 2. The Morgan fingerprint density at radius 2 is 1.65 bits per heavy atom. The minimum absolute atomic E-state index is 0.0903. The molecule has 0 atom stereocenters. The number of anilines is 1. The average Bonchev–Trinajstić information content (AvgIpc) is 2.78. The number of aromatic nitrogens is 2. The van der Waals surface area contributed by atoms with Crippen molar-refractivity contribution in [3.05, 3.63) is 53.6 Å². The van der Waals surface area contributed by atoms with E-state index in [9.17, 15) is 4.79 Å². The minimum atomic E-state index is -0.0903. The number of methoxy groups -OCH3 is 3. The van der Waals surface area contributed by atoms with Crippen molar-refractivity contribution in [1.82, 2.24) is 10.2 Å². The van der Waals surface area contributed by atoms with Crippen LogP contribution in [0.15, 0.2) is 47.5 Å². The lowest BCUT2D eigenvalue weighted by molar-refractivity contribution is -0.113. The summed E-state index contributed by atoms with van der Waals surface area (Å²) >= 11 is 1.33. The van der Waals surface area contributed by atoms with Gasteiger partial charge in [-0.1, -0.05) is 29.5 Å². The largest absolute Gasteiger partial charge is 0.493 e. The number of ether oxygens (including phenoxy) is 3. The Bertz CT molecular complexity index is 1050. The third-order valence-corrected chi connectivity index (χ3v) is 5.53. The molecule has 1 heterocycles. The highest BCUT2D eigenvalue weighted by atomic mass is 32.2. The van der Waals surface area contributed by atoms with Crippen LogP contribution in [-0.4, -0.2) is 43.2 Å². The lowest BCUT2D eigenvalue weighted by atomic mass is 10.1. The summed E-state index contributed by atoms with van der Waals surface area (Å²) in [7, 11) is 4.69. The second-order valence-electron chi connectivity index (χ2n) is 6.83. The molecule has 0 aliphatic carbocycles. The van der Waals surface area contributed by atoms with Crippen molar-refractivity contribution >= 4 is 23.4 Å². The summed E-state index contributed by atoms with van der Waals surface area (Å²) in [6.45, 7) is 4.00. The van der Waals surface area contributed by atoms with E-state index in [1.165, 1.54) is 11.8 Å². The Morgan fingerprint density at radius 3 is 2.19 bits per heavy atom. The van der Waals surface area contributed by atoms with Crippen LogP contribution < -0.4 is 19.5 Å². The van der Waals surface area contributed by atoms with Gasteiger partial charge < -0.3 is 19.5 Å². The van der Waals surface area contributed by atoms with Crippen LogP contribution in [0.4, 0.5) is 5.69 Å². The number of amides is 1. The molecule has 3 aromatic rings. The molecule has 2 aromatic carbocycles. The molecule has 0 fully saturated rings. The van der Waals surface area contributed by atoms with E-state index in [4.69, 9.17) is 14.2 Å². The van der Waals surface area contributed by atoms with E-state index in [0.717, 1.165) is 22.4 Å². The molecule has 0 radical (unpaired) electrons. The van der Waals surface area contributed by atoms with Gasteiger partial charge in [0.1, 0.15) is 5.03 Å². The van der Waals surface area contributed by atoms with E-state index >= 15 is 0 Å².